The van der Waals surface area contributed by atoms with E-state index in [0.717, 1.165) is 11.1 Å². The van der Waals surface area contributed by atoms with Gasteiger partial charge in [0, 0.05) is 18.2 Å². The van der Waals surface area contributed by atoms with Crippen LogP contribution in [0.15, 0.2) is 48.5 Å². The lowest BCUT2D eigenvalue weighted by atomic mass is 10.0. The van der Waals surface area contributed by atoms with Crippen molar-refractivity contribution in [2.75, 3.05) is 5.32 Å². The van der Waals surface area contributed by atoms with Gasteiger partial charge in [0.15, 0.2) is 0 Å². The average molecular weight is 286 g/mol. The Morgan fingerprint density at radius 2 is 1.95 bits per heavy atom. The van der Waals surface area contributed by atoms with Crippen LogP contribution in [0.25, 0.3) is 0 Å². The van der Waals surface area contributed by atoms with Crippen LogP contribution >= 0.6 is 0 Å². The van der Waals surface area contributed by atoms with E-state index in [1.54, 1.807) is 6.07 Å². The number of hydrogen-bond donors (Lipinski definition) is 2. The SMILES string of the molecule is Cc1ccc(F)cc1NC(=O)CCC(N)c1ccccc1. The molecule has 1 amide bonds. The predicted molar refractivity (Wildman–Crippen MR) is 82.4 cm³/mol. The number of carbonyl (C=O) groups is 1. The summed E-state index contributed by atoms with van der Waals surface area (Å²) in [6.07, 6.45) is 0.843. The van der Waals surface area contributed by atoms with Crippen molar-refractivity contribution < 1.29 is 9.18 Å². The molecule has 0 saturated carbocycles. The highest BCUT2D eigenvalue weighted by Gasteiger charge is 2.10. The maximum atomic E-state index is 13.2. The Balaban J connectivity index is 1.89. The minimum Gasteiger partial charge on any atom is -0.326 e. The lowest BCUT2D eigenvalue weighted by Gasteiger charge is -2.12. The second-order valence-corrected chi connectivity index (χ2v) is 5.06. The van der Waals surface area contributed by atoms with Gasteiger partial charge in [-0.05, 0) is 36.6 Å². The van der Waals surface area contributed by atoms with Crippen molar-refractivity contribution in [3.8, 4) is 0 Å². The van der Waals surface area contributed by atoms with E-state index in [-0.39, 0.29) is 17.8 Å². The van der Waals surface area contributed by atoms with Gasteiger partial charge in [-0.2, -0.15) is 0 Å². The molecule has 0 aliphatic heterocycles. The van der Waals surface area contributed by atoms with Crippen molar-refractivity contribution in [3.63, 3.8) is 0 Å². The summed E-state index contributed by atoms with van der Waals surface area (Å²) >= 11 is 0. The number of amides is 1. The molecular formula is C17H19FN2O. The van der Waals surface area contributed by atoms with E-state index in [2.05, 4.69) is 5.32 Å². The summed E-state index contributed by atoms with van der Waals surface area (Å²) in [4.78, 5) is 11.9. The maximum Gasteiger partial charge on any atom is 0.224 e. The molecule has 0 bridgehead atoms. The monoisotopic (exact) mass is 286 g/mol. The van der Waals surface area contributed by atoms with E-state index in [1.807, 2.05) is 37.3 Å². The molecule has 3 N–H and O–H groups in total. The van der Waals surface area contributed by atoms with Crippen LogP contribution in [-0.4, -0.2) is 5.91 Å². The van der Waals surface area contributed by atoms with Gasteiger partial charge in [0.25, 0.3) is 0 Å². The number of aryl methyl sites for hydroxylation is 1. The van der Waals surface area contributed by atoms with Crippen molar-refractivity contribution in [1.29, 1.82) is 0 Å². The quantitative estimate of drug-likeness (QED) is 0.883. The zero-order valence-electron chi connectivity index (χ0n) is 12.0. The standard InChI is InChI=1S/C17H19FN2O/c1-12-7-8-14(18)11-16(12)20-17(21)10-9-15(19)13-5-3-2-4-6-13/h2-8,11,15H,9-10,19H2,1H3,(H,20,21). The van der Waals surface area contributed by atoms with Crippen molar-refractivity contribution in [1.82, 2.24) is 0 Å². The Morgan fingerprint density at radius 1 is 1.24 bits per heavy atom. The highest BCUT2D eigenvalue weighted by Crippen LogP contribution is 2.18. The fraction of sp³-hybridized carbons (Fsp3) is 0.235. The Kier molecular flexibility index (Phi) is 5.06. The first-order valence-electron chi connectivity index (χ1n) is 6.93. The summed E-state index contributed by atoms with van der Waals surface area (Å²) in [5, 5.41) is 2.72. The molecule has 0 aliphatic carbocycles. The normalized spacial score (nSPS) is 12.0. The Bertz CT molecular complexity index is 613. The third-order valence-electron chi connectivity index (χ3n) is 3.38. The molecule has 110 valence electrons. The molecule has 2 aromatic rings. The first-order valence-corrected chi connectivity index (χ1v) is 6.93. The molecule has 2 aromatic carbocycles. The first-order chi connectivity index (χ1) is 10.1. The highest BCUT2D eigenvalue weighted by molar-refractivity contribution is 5.91. The molecule has 1 unspecified atom stereocenters. The molecule has 0 aliphatic rings. The smallest absolute Gasteiger partial charge is 0.224 e. The highest BCUT2D eigenvalue weighted by atomic mass is 19.1. The molecular weight excluding hydrogens is 267 g/mol. The van der Waals surface area contributed by atoms with Crippen LogP contribution in [0.5, 0.6) is 0 Å². The number of anilines is 1. The minimum atomic E-state index is -0.364. The number of halogens is 1. The van der Waals surface area contributed by atoms with Gasteiger partial charge in [0.05, 0.1) is 0 Å². The van der Waals surface area contributed by atoms with Crippen LogP contribution < -0.4 is 11.1 Å². The van der Waals surface area contributed by atoms with E-state index < -0.39 is 0 Å². The number of hydrogen-bond acceptors (Lipinski definition) is 2. The molecule has 0 radical (unpaired) electrons. The fourth-order valence-corrected chi connectivity index (χ4v) is 2.10. The van der Waals surface area contributed by atoms with Gasteiger partial charge in [-0.25, -0.2) is 4.39 Å². The Hall–Kier alpha value is -2.20. The fourth-order valence-electron chi connectivity index (χ4n) is 2.10. The molecule has 3 nitrogen and oxygen atoms in total. The predicted octanol–water partition coefficient (Wildman–Crippen LogP) is 3.55. The lowest BCUT2D eigenvalue weighted by Crippen LogP contribution is -2.17. The lowest BCUT2D eigenvalue weighted by molar-refractivity contribution is -0.116. The van der Waals surface area contributed by atoms with E-state index in [9.17, 15) is 9.18 Å². The summed E-state index contributed by atoms with van der Waals surface area (Å²) in [7, 11) is 0. The van der Waals surface area contributed by atoms with Gasteiger partial charge in [-0.3, -0.25) is 4.79 Å². The van der Waals surface area contributed by atoms with Gasteiger partial charge in [-0.1, -0.05) is 36.4 Å². The molecule has 21 heavy (non-hydrogen) atoms. The van der Waals surface area contributed by atoms with E-state index in [4.69, 9.17) is 5.73 Å². The number of nitrogens with two attached hydrogens (primary N) is 1. The van der Waals surface area contributed by atoms with Crippen LogP contribution in [0.2, 0.25) is 0 Å². The van der Waals surface area contributed by atoms with Gasteiger partial charge in [0.1, 0.15) is 5.82 Å². The van der Waals surface area contributed by atoms with E-state index in [1.165, 1.54) is 12.1 Å². The second kappa shape index (κ2) is 6.99. The molecule has 4 heteroatoms. The Labute approximate surface area is 124 Å². The van der Waals surface area contributed by atoms with Crippen molar-refractivity contribution in [3.05, 3.63) is 65.5 Å². The van der Waals surface area contributed by atoms with Crippen molar-refractivity contribution in [2.45, 2.75) is 25.8 Å². The van der Waals surface area contributed by atoms with Crippen LogP contribution in [0.1, 0.15) is 30.0 Å². The maximum absolute atomic E-state index is 13.2. The largest absolute Gasteiger partial charge is 0.326 e. The third-order valence-corrected chi connectivity index (χ3v) is 3.38. The first kappa shape index (κ1) is 15.2. The summed E-state index contributed by atoms with van der Waals surface area (Å²) < 4.78 is 13.2. The van der Waals surface area contributed by atoms with E-state index in [0.29, 0.717) is 18.5 Å². The number of rotatable bonds is 5. The summed E-state index contributed by atoms with van der Waals surface area (Å²) in [6, 6.07) is 13.8. The zero-order chi connectivity index (χ0) is 15.2. The third kappa shape index (κ3) is 4.39. The number of benzene rings is 2. The average Bonchev–Trinajstić information content (AvgIpc) is 2.49. The van der Waals surface area contributed by atoms with Gasteiger partial charge in [-0.15, -0.1) is 0 Å². The summed E-state index contributed by atoms with van der Waals surface area (Å²) in [5.74, 6) is -0.521. The topological polar surface area (TPSA) is 55.1 Å². The van der Waals surface area contributed by atoms with Crippen LogP contribution in [0.4, 0.5) is 10.1 Å². The number of nitrogens with one attached hydrogen (secondary N) is 1. The molecule has 0 aromatic heterocycles. The second-order valence-electron chi connectivity index (χ2n) is 5.06. The number of carbonyl (C=O) groups excluding carboxylic acids is 1. The molecule has 2 rings (SSSR count). The molecule has 0 saturated heterocycles. The molecule has 0 fully saturated rings. The van der Waals surface area contributed by atoms with Gasteiger partial charge in [0.2, 0.25) is 5.91 Å². The molecule has 1 atom stereocenters. The summed E-state index contributed by atoms with van der Waals surface area (Å²) in [5.41, 5.74) is 8.40. The molecule has 0 heterocycles. The van der Waals surface area contributed by atoms with Crippen LogP contribution in [-0.2, 0) is 4.79 Å². The van der Waals surface area contributed by atoms with E-state index >= 15 is 0 Å². The van der Waals surface area contributed by atoms with Crippen LogP contribution in [0, 0.1) is 12.7 Å². The van der Waals surface area contributed by atoms with Gasteiger partial charge < -0.3 is 11.1 Å². The van der Waals surface area contributed by atoms with Crippen molar-refractivity contribution in [2.24, 2.45) is 5.73 Å². The minimum absolute atomic E-state index is 0.157. The Morgan fingerprint density at radius 3 is 2.67 bits per heavy atom. The zero-order valence-corrected chi connectivity index (χ0v) is 12.0. The van der Waals surface area contributed by atoms with Crippen LogP contribution in [0.3, 0.4) is 0 Å². The molecule has 0 spiro atoms. The summed E-state index contributed by atoms with van der Waals surface area (Å²) in [6.45, 7) is 1.82. The van der Waals surface area contributed by atoms with Crippen molar-refractivity contribution >= 4 is 11.6 Å². The van der Waals surface area contributed by atoms with Gasteiger partial charge >= 0.3 is 0 Å².